The van der Waals surface area contributed by atoms with E-state index in [2.05, 4.69) is 22.4 Å². The third-order valence-electron chi connectivity index (χ3n) is 1.28. The van der Waals surface area contributed by atoms with Crippen molar-refractivity contribution in [3.63, 3.8) is 0 Å². The van der Waals surface area contributed by atoms with Gasteiger partial charge < -0.3 is 5.73 Å². The van der Waals surface area contributed by atoms with Crippen molar-refractivity contribution in [2.75, 3.05) is 0 Å². The standard InChI is InChI=1S/C6H8N4S/c7-3-5(6(8)11)10-9-4-1-2-4/h4-5H,1-2H2,(H2,8,11). The lowest BCUT2D eigenvalue weighted by molar-refractivity contribution is 0.857. The number of azo groups is 1. The summed E-state index contributed by atoms with van der Waals surface area (Å²) in [7, 11) is 0. The average molecular weight is 168 g/mol. The molecular formula is C6H8N4S. The van der Waals surface area contributed by atoms with Gasteiger partial charge in [0, 0.05) is 0 Å². The lowest BCUT2D eigenvalue weighted by atomic mass is 10.4. The predicted molar refractivity (Wildman–Crippen MR) is 44.1 cm³/mol. The van der Waals surface area contributed by atoms with Gasteiger partial charge >= 0.3 is 0 Å². The maximum Gasteiger partial charge on any atom is 0.206 e. The van der Waals surface area contributed by atoms with Gasteiger partial charge in [0.15, 0.2) is 0 Å². The van der Waals surface area contributed by atoms with E-state index in [4.69, 9.17) is 11.0 Å². The van der Waals surface area contributed by atoms with E-state index in [9.17, 15) is 0 Å². The van der Waals surface area contributed by atoms with E-state index in [0.717, 1.165) is 12.8 Å². The lowest BCUT2D eigenvalue weighted by Crippen LogP contribution is -2.22. The first-order valence-corrected chi connectivity index (χ1v) is 3.73. The minimum atomic E-state index is -0.731. The van der Waals surface area contributed by atoms with Gasteiger partial charge in [-0.15, -0.1) is 0 Å². The van der Waals surface area contributed by atoms with Crippen LogP contribution in [0.5, 0.6) is 0 Å². The number of hydrogen-bond acceptors (Lipinski definition) is 4. The highest BCUT2D eigenvalue weighted by Gasteiger charge is 2.21. The molecule has 58 valence electrons. The van der Waals surface area contributed by atoms with E-state index in [1.54, 1.807) is 0 Å². The Balaban J connectivity index is 2.43. The van der Waals surface area contributed by atoms with Crippen LogP contribution < -0.4 is 5.73 Å². The van der Waals surface area contributed by atoms with Crippen molar-refractivity contribution in [3.8, 4) is 6.07 Å². The number of nitriles is 1. The van der Waals surface area contributed by atoms with Gasteiger partial charge in [0.1, 0.15) is 4.99 Å². The first-order valence-electron chi connectivity index (χ1n) is 3.33. The largest absolute Gasteiger partial charge is 0.391 e. The second-order valence-corrected chi connectivity index (χ2v) is 2.87. The van der Waals surface area contributed by atoms with Gasteiger partial charge in [0.25, 0.3) is 0 Å². The minimum Gasteiger partial charge on any atom is -0.391 e. The molecule has 1 aliphatic rings. The van der Waals surface area contributed by atoms with E-state index in [-0.39, 0.29) is 4.99 Å². The highest BCUT2D eigenvalue weighted by Crippen LogP contribution is 2.23. The molecule has 0 saturated heterocycles. The molecule has 5 heteroatoms. The van der Waals surface area contributed by atoms with Crippen molar-refractivity contribution in [1.29, 1.82) is 5.26 Å². The Morgan fingerprint density at radius 2 is 2.36 bits per heavy atom. The molecule has 4 nitrogen and oxygen atoms in total. The van der Waals surface area contributed by atoms with Gasteiger partial charge in [-0.25, -0.2) is 0 Å². The Labute approximate surface area is 70.1 Å². The maximum atomic E-state index is 8.46. The molecule has 1 rings (SSSR count). The molecule has 0 spiro atoms. The van der Waals surface area contributed by atoms with E-state index < -0.39 is 6.04 Å². The van der Waals surface area contributed by atoms with E-state index in [1.165, 1.54) is 0 Å². The van der Waals surface area contributed by atoms with Crippen LogP contribution in [0.4, 0.5) is 0 Å². The summed E-state index contributed by atoms with van der Waals surface area (Å²) in [4.78, 5) is 0.0944. The molecule has 0 aromatic carbocycles. The zero-order valence-corrected chi connectivity index (χ0v) is 6.71. The predicted octanol–water partition coefficient (Wildman–Crippen LogP) is 0.779. The van der Waals surface area contributed by atoms with Gasteiger partial charge in [0.05, 0.1) is 12.1 Å². The van der Waals surface area contributed by atoms with Gasteiger partial charge in [-0.2, -0.15) is 15.5 Å². The van der Waals surface area contributed by atoms with Crippen molar-refractivity contribution < 1.29 is 0 Å². The molecule has 1 saturated carbocycles. The zero-order valence-electron chi connectivity index (χ0n) is 5.90. The second kappa shape index (κ2) is 3.39. The molecule has 0 heterocycles. The third kappa shape index (κ3) is 2.60. The summed E-state index contributed by atoms with van der Waals surface area (Å²) >= 11 is 4.59. The first-order chi connectivity index (χ1) is 5.24. The summed E-state index contributed by atoms with van der Waals surface area (Å²) in [6.45, 7) is 0. The molecule has 1 atom stereocenters. The SMILES string of the molecule is N#CC(N=NC1CC1)C(N)=S. The molecule has 0 bridgehead atoms. The number of thiocarbonyl (C=S) groups is 1. The number of nitrogens with two attached hydrogens (primary N) is 1. The minimum absolute atomic E-state index is 0.0944. The third-order valence-corrected chi connectivity index (χ3v) is 1.51. The smallest absolute Gasteiger partial charge is 0.206 e. The van der Waals surface area contributed by atoms with Crippen molar-refractivity contribution in [3.05, 3.63) is 0 Å². The van der Waals surface area contributed by atoms with Gasteiger partial charge in [-0.3, -0.25) is 0 Å². The molecular weight excluding hydrogens is 160 g/mol. The van der Waals surface area contributed by atoms with Crippen LogP contribution >= 0.6 is 12.2 Å². The Hall–Kier alpha value is -1.02. The second-order valence-electron chi connectivity index (χ2n) is 2.40. The van der Waals surface area contributed by atoms with Crippen molar-refractivity contribution in [2.45, 2.75) is 24.9 Å². The van der Waals surface area contributed by atoms with Crippen LogP contribution in [0, 0.1) is 11.3 Å². The van der Waals surface area contributed by atoms with E-state index >= 15 is 0 Å². The molecule has 1 aliphatic carbocycles. The number of nitrogens with zero attached hydrogens (tertiary/aromatic N) is 3. The summed E-state index contributed by atoms with van der Waals surface area (Å²) in [6.07, 6.45) is 2.14. The van der Waals surface area contributed by atoms with Crippen molar-refractivity contribution in [2.24, 2.45) is 16.0 Å². The van der Waals surface area contributed by atoms with E-state index in [0.29, 0.717) is 6.04 Å². The van der Waals surface area contributed by atoms with Crippen LogP contribution in [0.25, 0.3) is 0 Å². The van der Waals surface area contributed by atoms with Crippen LogP contribution in [0.2, 0.25) is 0 Å². The fraction of sp³-hybridized carbons (Fsp3) is 0.667. The van der Waals surface area contributed by atoms with Crippen molar-refractivity contribution >= 4 is 17.2 Å². The molecule has 0 aromatic rings. The molecule has 0 amide bonds. The Morgan fingerprint density at radius 3 is 2.73 bits per heavy atom. The van der Waals surface area contributed by atoms with Gasteiger partial charge in [-0.1, -0.05) is 12.2 Å². The molecule has 2 N–H and O–H groups in total. The normalized spacial score (nSPS) is 19.5. The molecule has 0 aliphatic heterocycles. The summed E-state index contributed by atoms with van der Waals surface area (Å²) in [5.74, 6) is 0. The Morgan fingerprint density at radius 1 is 1.73 bits per heavy atom. The summed E-state index contributed by atoms with van der Waals surface area (Å²) in [5, 5.41) is 16.0. The van der Waals surface area contributed by atoms with Crippen LogP contribution in [-0.2, 0) is 0 Å². The quantitative estimate of drug-likeness (QED) is 0.499. The van der Waals surface area contributed by atoms with E-state index in [1.807, 2.05) is 6.07 Å². The monoisotopic (exact) mass is 168 g/mol. The summed E-state index contributed by atoms with van der Waals surface area (Å²) in [6, 6.07) is 1.45. The fourth-order valence-electron chi connectivity index (χ4n) is 0.497. The maximum absolute atomic E-state index is 8.46. The Kier molecular flexibility index (Phi) is 2.49. The summed E-state index contributed by atoms with van der Waals surface area (Å²) in [5.41, 5.74) is 5.21. The lowest BCUT2D eigenvalue weighted by Gasteiger charge is -1.95. The first kappa shape index (κ1) is 8.08. The Bertz CT molecular complexity index is 225. The molecule has 0 aromatic heterocycles. The molecule has 1 fully saturated rings. The van der Waals surface area contributed by atoms with Gasteiger partial charge in [0.2, 0.25) is 6.04 Å². The average Bonchev–Trinajstić information content (AvgIpc) is 2.72. The topological polar surface area (TPSA) is 74.5 Å². The number of rotatable bonds is 3. The molecule has 11 heavy (non-hydrogen) atoms. The van der Waals surface area contributed by atoms with Crippen LogP contribution in [0.3, 0.4) is 0 Å². The highest BCUT2D eigenvalue weighted by atomic mass is 32.1. The number of hydrogen-bond donors (Lipinski definition) is 1. The van der Waals surface area contributed by atoms with Crippen LogP contribution in [0.1, 0.15) is 12.8 Å². The fourth-order valence-corrected chi connectivity index (χ4v) is 0.597. The zero-order chi connectivity index (χ0) is 8.27. The molecule has 1 unspecified atom stereocenters. The molecule has 0 radical (unpaired) electrons. The highest BCUT2D eigenvalue weighted by molar-refractivity contribution is 7.80. The van der Waals surface area contributed by atoms with Crippen LogP contribution in [-0.4, -0.2) is 17.1 Å². The van der Waals surface area contributed by atoms with Crippen molar-refractivity contribution in [1.82, 2.24) is 0 Å². The van der Waals surface area contributed by atoms with Crippen LogP contribution in [0.15, 0.2) is 10.2 Å². The summed E-state index contributed by atoms with van der Waals surface area (Å²) < 4.78 is 0. The van der Waals surface area contributed by atoms with Gasteiger partial charge in [-0.05, 0) is 12.8 Å².